The lowest BCUT2D eigenvalue weighted by Gasteiger charge is -2.34. The van der Waals surface area contributed by atoms with Crippen LogP contribution in [0.15, 0.2) is 42.6 Å². The number of likely N-dealkylation sites (tertiary alicyclic amines) is 1. The largest absolute Gasteiger partial charge is 0.479 e. The van der Waals surface area contributed by atoms with Gasteiger partial charge >= 0.3 is 5.97 Å². The van der Waals surface area contributed by atoms with Crippen LogP contribution in [-0.2, 0) is 16.8 Å². The SMILES string of the molecule is CC(C)(C)n1ccc(C(=O)N2CCCC2(Cc2ccccc2)C(=O)O)n1. The highest BCUT2D eigenvalue weighted by Crippen LogP contribution is 2.34. The normalized spacial score (nSPS) is 20.3. The molecule has 1 amide bonds. The van der Waals surface area contributed by atoms with Gasteiger partial charge in [-0.3, -0.25) is 9.48 Å². The maximum atomic E-state index is 13.1. The molecule has 1 aromatic heterocycles. The standard InChI is InChI=1S/C20H25N3O3/c1-19(2,3)23-13-10-16(21-23)17(24)22-12-7-11-20(22,18(25)26)14-15-8-5-4-6-9-15/h4-6,8-10,13H,7,11-12,14H2,1-3H3,(H,25,26). The van der Waals surface area contributed by atoms with Crippen molar-refractivity contribution >= 4 is 11.9 Å². The Kier molecular flexibility index (Phi) is 4.61. The van der Waals surface area contributed by atoms with Crippen LogP contribution in [0.1, 0.15) is 49.7 Å². The molecule has 2 aromatic rings. The summed E-state index contributed by atoms with van der Waals surface area (Å²) in [6.45, 7) is 6.43. The summed E-state index contributed by atoms with van der Waals surface area (Å²) in [5.74, 6) is -1.27. The van der Waals surface area contributed by atoms with E-state index in [2.05, 4.69) is 5.10 Å². The molecule has 0 aliphatic carbocycles. The maximum Gasteiger partial charge on any atom is 0.329 e. The number of aliphatic carboxylic acids is 1. The highest BCUT2D eigenvalue weighted by Gasteiger charge is 2.50. The summed E-state index contributed by atoms with van der Waals surface area (Å²) in [6.07, 6.45) is 3.19. The Labute approximate surface area is 153 Å². The smallest absolute Gasteiger partial charge is 0.329 e. The average molecular weight is 355 g/mol. The van der Waals surface area contributed by atoms with Gasteiger partial charge in [0.1, 0.15) is 11.2 Å². The Morgan fingerprint density at radius 2 is 1.88 bits per heavy atom. The number of carbonyl (C=O) groups excluding carboxylic acids is 1. The van der Waals surface area contributed by atoms with Crippen molar-refractivity contribution in [1.82, 2.24) is 14.7 Å². The number of aromatic nitrogens is 2. The van der Waals surface area contributed by atoms with Gasteiger partial charge in [-0.15, -0.1) is 0 Å². The third kappa shape index (κ3) is 3.23. The Balaban J connectivity index is 1.92. The maximum absolute atomic E-state index is 13.1. The summed E-state index contributed by atoms with van der Waals surface area (Å²) in [6, 6.07) is 11.1. The molecule has 26 heavy (non-hydrogen) atoms. The number of rotatable bonds is 4. The van der Waals surface area contributed by atoms with Crippen molar-refractivity contribution in [3.05, 3.63) is 53.9 Å². The van der Waals surface area contributed by atoms with Gasteiger partial charge in [0.2, 0.25) is 0 Å². The van der Waals surface area contributed by atoms with E-state index in [0.29, 0.717) is 31.5 Å². The molecule has 6 heteroatoms. The fourth-order valence-electron chi connectivity index (χ4n) is 3.54. The Hall–Kier alpha value is -2.63. The van der Waals surface area contributed by atoms with E-state index in [0.717, 1.165) is 5.56 Å². The Morgan fingerprint density at radius 3 is 2.46 bits per heavy atom. The van der Waals surface area contributed by atoms with Crippen LogP contribution in [0.2, 0.25) is 0 Å². The zero-order valence-electron chi connectivity index (χ0n) is 15.5. The molecule has 0 bridgehead atoms. The summed E-state index contributed by atoms with van der Waals surface area (Å²) in [7, 11) is 0. The summed E-state index contributed by atoms with van der Waals surface area (Å²) in [4.78, 5) is 26.8. The lowest BCUT2D eigenvalue weighted by Crippen LogP contribution is -2.54. The van der Waals surface area contributed by atoms with Crippen molar-refractivity contribution in [2.75, 3.05) is 6.54 Å². The first-order chi connectivity index (χ1) is 12.2. The number of hydrogen-bond donors (Lipinski definition) is 1. The van der Waals surface area contributed by atoms with Gasteiger partial charge in [0.15, 0.2) is 0 Å². The van der Waals surface area contributed by atoms with Crippen LogP contribution in [0.3, 0.4) is 0 Å². The van der Waals surface area contributed by atoms with Crippen molar-refractivity contribution in [2.24, 2.45) is 0 Å². The topological polar surface area (TPSA) is 75.4 Å². The summed E-state index contributed by atoms with van der Waals surface area (Å²) in [5.41, 5.74) is -0.253. The number of nitrogens with zero attached hydrogens (tertiary/aromatic N) is 3. The number of carbonyl (C=O) groups is 2. The van der Waals surface area contributed by atoms with Gasteiger partial charge in [-0.05, 0) is 45.2 Å². The lowest BCUT2D eigenvalue weighted by molar-refractivity contribution is -0.148. The van der Waals surface area contributed by atoms with E-state index in [1.807, 2.05) is 51.1 Å². The molecule has 1 aromatic carbocycles. The molecule has 3 rings (SSSR count). The summed E-state index contributed by atoms with van der Waals surface area (Å²) >= 11 is 0. The monoisotopic (exact) mass is 355 g/mol. The first-order valence-corrected chi connectivity index (χ1v) is 8.89. The van der Waals surface area contributed by atoms with E-state index >= 15 is 0 Å². The molecule has 1 fully saturated rings. The zero-order valence-corrected chi connectivity index (χ0v) is 15.5. The first-order valence-electron chi connectivity index (χ1n) is 8.89. The average Bonchev–Trinajstić information content (AvgIpc) is 3.22. The molecule has 138 valence electrons. The van der Waals surface area contributed by atoms with Crippen molar-refractivity contribution in [1.29, 1.82) is 0 Å². The van der Waals surface area contributed by atoms with Crippen LogP contribution >= 0.6 is 0 Å². The molecule has 1 aliphatic heterocycles. The second-order valence-corrected chi connectivity index (χ2v) is 7.88. The van der Waals surface area contributed by atoms with Crippen molar-refractivity contribution in [2.45, 2.75) is 51.1 Å². The molecular formula is C20H25N3O3. The van der Waals surface area contributed by atoms with Crippen LogP contribution in [0.5, 0.6) is 0 Å². The van der Waals surface area contributed by atoms with E-state index in [9.17, 15) is 14.7 Å². The molecule has 2 heterocycles. The number of carboxylic acids is 1. The second kappa shape index (κ2) is 6.59. The highest BCUT2D eigenvalue weighted by atomic mass is 16.4. The quantitative estimate of drug-likeness (QED) is 0.915. The predicted octanol–water partition coefficient (Wildman–Crippen LogP) is 2.94. The van der Waals surface area contributed by atoms with Crippen LogP contribution in [0.4, 0.5) is 0 Å². The van der Waals surface area contributed by atoms with Gasteiger partial charge in [0.25, 0.3) is 5.91 Å². The molecule has 0 saturated carbocycles. The fourth-order valence-corrected chi connectivity index (χ4v) is 3.54. The van der Waals surface area contributed by atoms with Gasteiger partial charge in [-0.1, -0.05) is 30.3 Å². The second-order valence-electron chi connectivity index (χ2n) is 7.88. The van der Waals surface area contributed by atoms with Crippen LogP contribution in [0, 0.1) is 0 Å². The highest BCUT2D eigenvalue weighted by molar-refractivity contribution is 5.97. The van der Waals surface area contributed by atoms with E-state index in [1.54, 1.807) is 16.9 Å². The van der Waals surface area contributed by atoms with Gasteiger partial charge in [0, 0.05) is 19.2 Å². The number of amides is 1. The molecule has 1 saturated heterocycles. The van der Waals surface area contributed by atoms with Gasteiger partial charge < -0.3 is 10.0 Å². The molecular weight excluding hydrogens is 330 g/mol. The van der Waals surface area contributed by atoms with Crippen LogP contribution < -0.4 is 0 Å². The number of carboxylic acid groups (broad SMARTS) is 1. The lowest BCUT2D eigenvalue weighted by atomic mass is 9.88. The van der Waals surface area contributed by atoms with Crippen molar-refractivity contribution in [3.8, 4) is 0 Å². The Bertz CT molecular complexity index is 807. The molecule has 0 radical (unpaired) electrons. The minimum atomic E-state index is -1.22. The molecule has 1 aliphatic rings. The molecule has 6 nitrogen and oxygen atoms in total. The van der Waals surface area contributed by atoms with E-state index in [4.69, 9.17) is 0 Å². The van der Waals surface area contributed by atoms with Gasteiger partial charge in [0.05, 0.1) is 5.54 Å². The zero-order chi connectivity index (χ0) is 18.9. The first kappa shape index (κ1) is 18.2. The third-order valence-electron chi connectivity index (χ3n) is 4.97. The van der Waals surface area contributed by atoms with Crippen molar-refractivity contribution in [3.63, 3.8) is 0 Å². The van der Waals surface area contributed by atoms with Crippen LogP contribution in [0.25, 0.3) is 0 Å². The minimum Gasteiger partial charge on any atom is -0.479 e. The van der Waals surface area contributed by atoms with Crippen molar-refractivity contribution < 1.29 is 14.7 Å². The van der Waals surface area contributed by atoms with E-state index in [1.165, 1.54) is 4.90 Å². The van der Waals surface area contributed by atoms with Crippen LogP contribution in [-0.4, -0.2) is 43.7 Å². The molecule has 1 unspecified atom stereocenters. The van der Waals surface area contributed by atoms with Gasteiger partial charge in [-0.2, -0.15) is 5.10 Å². The molecule has 1 N–H and O–H groups in total. The van der Waals surface area contributed by atoms with E-state index in [-0.39, 0.29) is 11.4 Å². The van der Waals surface area contributed by atoms with E-state index < -0.39 is 11.5 Å². The Morgan fingerprint density at radius 1 is 1.19 bits per heavy atom. The van der Waals surface area contributed by atoms with Gasteiger partial charge in [-0.25, -0.2) is 4.79 Å². The summed E-state index contributed by atoms with van der Waals surface area (Å²) in [5, 5.41) is 14.4. The number of benzene rings is 1. The minimum absolute atomic E-state index is 0.239. The predicted molar refractivity (Wildman–Crippen MR) is 98.0 cm³/mol. The third-order valence-corrected chi connectivity index (χ3v) is 4.97. The molecule has 1 atom stereocenters. The fraction of sp³-hybridized carbons (Fsp3) is 0.450. The summed E-state index contributed by atoms with van der Waals surface area (Å²) < 4.78 is 1.73. The molecule has 0 spiro atoms. The number of hydrogen-bond acceptors (Lipinski definition) is 3.